The van der Waals surface area contributed by atoms with Crippen LogP contribution >= 0.6 is 11.6 Å². The third kappa shape index (κ3) is 3.65. The normalized spacial score (nSPS) is 11.7. The SMILES string of the molecule is COc1ccc(Cl)cc1C(=O)N(C)[C@H](C)c1cccc([N+](=O)[O-])c1. The van der Waals surface area contributed by atoms with Crippen molar-refractivity contribution in [2.75, 3.05) is 14.2 Å². The van der Waals surface area contributed by atoms with E-state index in [0.717, 1.165) is 0 Å². The quantitative estimate of drug-likeness (QED) is 0.602. The molecule has 0 saturated carbocycles. The van der Waals surface area contributed by atoms with Crippen LogP contribution in [-0.4, -0.2) is 29.9 Å². The summed E-state index contributed by atoms with van der Waals surface area (Å²) in [6.45, 7) is 1.80. The summed E-state index contributed by atoms with van der Waals surface area (Å²) in [6.07, 6.45) is 0. The molecule has 0 saturated heterocycles. The van der Waals surface area contributed by atoms with Crippen LogP contribution in [0.15, 0.2) is 42.5 Å². The van der Waals surface area contributed by atoms with Crippen LogP contribution in [0.5, 0.6) is 5.75 Å². The largest absolute Gasteiger partial charge is 0.496 e. The van der Waals surface area contributed by atoms with Crippen molar-refractivity contribution in [3.8, 4) is 5.75 Å². The van der Waals surface area contributed by atoms with Crippen molar-refractivity contribution in [2.24, 2.45) is 0 Å². The number of hydrogen-bond donors (Lipinski definition) is 0. The van der Waals surface area contributed by atoms with E-state index < -0.39 is 4.92 Å². The maximum Gasteiger partial charge on any atom is 0.269 e. The Balaban J connectivity index is 2.32. The van der Waals surface area contributed by atoms with Gasteiger partial charge in [-0.05, 0) is 30.7 Å². The number of non-ortho nitro benzene ring substituents is 1. The van der Waals surface area contributed by atoms with Crippen LogP contribution in [-0.2, 0) is 0 Å². The molecule has 6 nitrogen and oxygen atoms in total. The predicted molar refractivity (Wildman–Crippen MR) is 91.6 cm³/mol. The Labute approximate surface area is 144 Å². The predicted octanol–water partition coefficient (Wildman–Crippen LogP) is 4.09. The average Bonchev–Trinajstić information content (AvgIpc) is 2.59. The number of nitrogens with zero attached hydrogens (tertiary/aromatic N) is 2. The van der Waals surface area contributed by atoms with Gasteiger partial charge in [0, 0.05) is 24.2 Å². The molecule has 2 aromatic carbocycles. The van der Waals surface area contributed by atoms with E-state index in [0.29, 0.717) is 21.9 Å². The molecule has 0 aromatic heterocycles. The number of rotatable bonds is 5. The second kappa shape index (κ2) is 7.31. The van der Waals surface area contributed by atoms with Gasteiger partial charge in [-0.15, -0.1) is 0 Å². The summed E-state index contributed by atoms with van der Waals surface area (Å²) in [7, 11) is 3.11. The lowest BCUT2D eigenvalue weighted by atomic mass is 10.1. The molecule has 0 aliphatic rings. The third-order valence-corrected chi connectivity index (χ3v) is 4.09. The fourth-order valence-corrected chi connectivity index (χ4v) is 2.51. The lowest BCUT2D eigenvalue weighted by molar-refractivity contribution is -0.384. The average molecular weight is 349 g/mol. The van der Waals surface area contributed by atoms with Crippen LogP contribution in [0.3, 0.4) is 0 Å². The van der Waals surface area contributed by atoms with Gasteiger partial charge in [-0.1, -0.05) is 23.7 Å². The molecule has 1 amide bonds. The summed E-state index contributed by atoms with van der Waals surface area (Å²) in [5, 5.41) is 11.3. The molecule has 24 heavy (non-hydrogen) atoms. The first-order valence-corrected chi connectivity index (χ1v) is 7.58. The molecule has 2 rings (SSSR count). The third-order valence-electron chi connectivity index (χ3n) is 3.86. The Morgan fingerprint density at radius 2 is 2.00 bits per heavy atom. The first kappa shape index (κ1) is 17.7. The molecule has 0 unspecified atom stereocenters. The standard InChI is InChI=1S/C17H17ClN2O4/c1-11(12-5-4-6-14(9-12)20(22)23)19(2)17(21)15-10-13(18)7-8-16(15)24-3/h4-11H,1-3H3/t11-/m1/s1. The van der Waals surface area contributed by atoms with E-state index in [9.17, 15) is 14.9 Å². The van der Waals surface area contributed by atoms with E-state index >= 15 is 0 Å². The Morgan fingerprint density at radius 3 is 2.62 bits per heavy atom. The highest BCUT2D eigenvalue weighted by molar-refractivity contribution is 6.31. The second-order valence-electron chi connectivity index (χ2n) is 5.29. The Kier molecular flexibility index (Phi) is 5.41. The summed E-state index contributed by atoms with van der Waals surface area (Å²) < 4.78 is 5.21. The van der Waals surface area contributed by atoms with Crippen molar-refractivity contribution in [3.63, 3.8) is 0 Å². The van der Waals surface area contributed by atoms with Gasteiger partial charge in [0.25, 0.3) is 11.6 Å². The molecule has 0 bridgehead atoms. The van der Waals surface area contributed by atoms with Gasteiger partial charge in [0.1, 0.15) is 5.75 Å². The van der Waals surface area contributed by atoms with Gasteiger partial charge in [0.15, 0.2) is 0 Å². The van der Waals surface area contributed by atoms with Crippen molar-refractivity contribution in [1.29, 1.82) is 0 Å². The van der Waals surface area contributed by atoms with Crippen molar-refractivity contribution in [1.82, 2.24) is 4.90 Å². The van der Waals surface area contributed by atoms with Crippen molar-refractivity contribution < 1.29 is 14.5 Å². The minimum Gasteiger partial charge on any atom is -0.496 e. The van der Waals surface area contributed by atoms with Crippen LogP contribution in [0.25, 0.3) is 0 Å². The Bertz CT molecular complexity index is 779. The number of nitro groups is 1. The maximum atomic E-state index is 12.8. The number of ether oxygens (including phenoxy) is 1. The first-order chi connectivity index (χ1) is 11.3. The van der Waals surface area contributed by atoms with Crippen LogP contribution in [0.4, 0.5) is 5.69 Å². The number of hydrogen-bond acceptors (Lipinski definition) is 4. The molecule has 0 radical (unpaired) electrons. The summed E-state index contributed by atoms with van der Waals surface area (Å²) in [5.74, 6) is 0.135. The molecule has 126 valence electrons. The first-order valence-electron chi connectivity index (χ1n) is 7.20. The second-order valence-corrected chi connectivity index (χ2v) is 5.73. The smallest absolute Gasteiger partial charge is 0.269 e. The molecule has 0 fully saturated rings. The zero-order valence-corrected chi connectivity index (χ0v) is 14.3. The highest BCUT2D eigenvalue weighted by atomic mass is 35.5. The minimum atomic E-state index is -0.460. The number of amides is 1. The fourth-order valence-electron chi connectivity index (χ4n) is 2.34. The number of nitro benzene ring substituents is 1. The van der Waals surface area contributed by atoms with Crippen molar-refractivity contribution in [3.05, 3.63) is 68.7 Å². The maximum absolute atomic E-state index is 12.8. The summed E-state index contributed by atoms with van der Waals surface area (Å²) >= 11 is 5.97. The summed E-state index contributed by atoms with van der Waals surface area (Å²) in [5.41, 5.74) is 0.992. The zero-order chi connectivity index (χ0) is 17.9. The van der Waals surface area contributed by atoms with Gasteiger partial charge < -0.3 is 9.64 Å². The van der Waals surface area contributed by atoms with Crippen LogP contribution in [0.2, 0.25) is 5.02 Å². The van der Waals surface area contributed by atoms with Gasteiger partial charge in [-0.25, -0.2) is 0 Å². The number of benzene rings is 2. The number of halogens is 1. The zero-order valence-electron chi connectivity index (χ0n) is 13.5. The van der Waals surface area contributed by atoms with Gasteiger partial charge in [-0.2, -0.15) is 0 Å². The highest BCUT2D eigenvalue weighted by Crippen LogP contribution is 2.28. The van der Waals surface area contributed by atoms with E-state index in [1.807, 2.05) is 0 Å². The van der Waals surface area contributed by atoms with Gasteiger partial charge in [0.2, 0.25) is 0 Å². The van der Waals surface area contributed by atoms with Gasteiger partial charge in [-0.3, -0.25) is 14.9 Å². The number of methoxy groups -OCH3 is 1. The lowest BCUT2D eigenvalue weighted by Gasteiger charge is -2.26. The Hall–Kier alpha value is -2.60. The fraction of sp³-hybridized carbons (Fsp3) is 0.235. The van der Waals surface area contributed by atoms with E-state index in [4.69, 9.17) is 16.3 Å². The molecule has 0 N–H and O–H groups in total. The topological polar surface area (TPSA) is 72.7 Å². The number of carbonyl (C=O) groups excluding carboxylic acids is 1. The lowest BCUT2D eigenvalue weighted by Crippen LogP contribution is -2.30. The summed E-state index contributed by atoms with van der Waals surface area (Å²) in [4.78, 5) is 24.7. The van der Waals surface area contributed by atoms with Crippen molar-refractivity contribution in [2.45, 2.75) is 13.0 Å². The van der Waals surface area contributed by atoms with E-state index in [1.54, 1.807) is 44.3 Å². The van der Waals surface area contributed by atoms with Crippen LogP contribution in [0.1, 0.15) is 28.9 Å². The molecular formula is C17H17ClN2O4. The molecule has 1 atom stereocenters. The van der Waals surface area contributed by atoms with Crippen LogP contribution in [0, 0.1) is 10.1 Å². The molecule has 0 aliphatic carbocycles. The van der Waals surface area contributed by atoms with E-state index in [1.165, 1.54) is 24.1 Å². The van der Waals surface area contributed by atoms with Crippen LogP contribution < -0.4 is 4.74 Å². The highest BCUT2D eigenvalue weighted by Gasteiger charge is 2.23. The molecule has 0 aliphatic heterocycles. The van der Waals surface area contributed by atoms with Gasteiger partial charge >= 0.3 is 0 Å². The molecule has 7 heteroatoms. The van der Waals surface area contributed by atoms with E-state index in [-0.39, 0.29) is 17.6 Å². The minimum absolute atomic E-state index is 0.0134. The monoisotopic (exact) mass is 348 g/mol. The van der Waals surface area contributed by atoms with E-state index in [2.05, 4.69) is 0 Å². The Morgan fingerprint density at radius 1 is 1.29 bits per heavy atom. The molecule has 0 spiro atoms. The van der Waals surface area contributed by atoms with Gasteiger partial charge in [0.05, 0.1) is 23.6 Å². The summed E-state index contributed by atoms with van der Waals surface area (Å²) in [6, 6.07) is 10.7. The molecule has 0 heterocycles. The van der Waals surface area contributed by atoms with Crippen molar-refractivity contribution >= 4 is 23.2 Å². The molecular weight excluding hydrogens is 332 g/mol. The number of carbonyl (C=O) groups is 1. The molecule has 2 aromatic rings.